The predicted octanol–water partition coefficient (Wildman–Crippen LogP) is 1.07. The largest absolute Gasteiger partial charge is 0.392 e. The maximum Gasteiger partial charge on any atom is 0.235 e. The van der Waals surface area contributed by atoms with Crippen LogP contribution in [-0.2, 0) is 4.79 Å². The molecule has 2 aliphatic rings. The van der Waals surface area contributed by atoms with E-state index in [9.17, 15) is 4.79 Å². The van der Waals surface area contributed by atoms with Crippen molar-refractivity contribution in [2.24, 2.45) is 11.1 Å². The Bertz CT molecular complexity index is 267. The Morgan fingerprint density at radius 3 is 2.14 bits per heavy atom. The molecule has 0 radical (unpaired) electrons. The molecule has 0 aromatic carbocycles. The van der Waals surface area contributed by atoms with Crippen LogP contribution in [0.1, 0.15) is 32.1 Å². The van der Waals surface area contributed by atoms with Gasteiger partial charge >= 0.3 is 0 Å². The SMILES string of the molecule is NC(=S)C1(C(=O)N2CCC2)CCCC1. The summed E-state index contributed by atoms with van der Waals surface area (Å²) < 4.78 is 0. The van der Waals surface area contributed by atoms with Crippen molar-refractivity contribution in [3.05, 3.63) is 0 Å². The normalized spacial score (nSPS) is 24.4. The van der Waals surface area contributed by atoms with Gasteiger partial charge in [-0.3, -0.25) is 4.79 Å². The fraction of sp³-hybridized carbons (Fsp3) is 0.800. The molecule has 3 nitrogen and oxygen atoms in total. The van der Waals surface area contributed by atoms with Gasteiger partial charge in [0.2, 0.25) is 5.91 Å². The van der Waals surface area contributed by atoms with Gasteiger partial charge in [0.1, 0.15) is 0 Å². The van der Waals surface area contributed by atoms with E-state index in [-0.39, 0.29) is 5.91 Å². The van der Waals surface area contributed by atoms with Crippen LogP contribution in [0.25, 0.3) is 0 Å². The lowest BCUT2D eigenvalue weighted by atomic mass is 9.83. The molecule has 1 heterocycles. The van der Waals surface area contributed by atoms with Gasteiger partial charge in [-0.15, -0.1) is 0 Å². The molecule has 0 spiro atoms. The summed E-state index contributed by atoms with van der Waals surface area (Å²) in [6.45, 7) is 1.78. The lowest BCUT2D eigenvalue weighted by molar-refractivity contribution is -0.141. The number of nitrogens with zero attached hydrogens (tertiary/aromatic N) is 1. The third kappa shape index (κ3) is 1.32. The van der Waals surface area contributed by atoms with Crippen molar-refractivity contribution in [2.75, 3.05) is 13.1 Å². The van der Waals surface area contributed by atoms with Crippen LogP contribution in [-0.4, -0.2) is 28.9 Å². The zero-order chi connectivity index (χ0) is 10.2. The molecule has 4 heteroatoms. The molecule has 1 saturated carbocycles. The Balaban J connectivity index is 2.17. The standard InChI is InChI=1S/C10H16N2OS/c11-8(14)10(4-1-2-5-10)9(13)12-6-3-7-12/h1-7H2,(H2,11,14). The van der Waals surface area contributed by atoms with Crippen LogP contribution in [0.15, 0.2) is 0 Å². The first-order chi connectivity index (χ1) is 6.67. The van der Waals surface area contributed by atoms with E-state index >= 15 is 0 Å². The van der Waals surface area contributed by atoms with Gasteiger partial charge in [0, 0.05) is 13.1 Å². The smallest absolute Gasteiger partial charge is 0.235 e. The van der Waals surface area contributed by atoms with Crippen LogP contribution in [0, 0.1) is 5.41 Å². The fourth-order valence-electron chi connectivity index (χ4n) is 2.37. The van der Waals surface area contributed by atoms with Crippen LogP contribution in [0.4, 0.5) is 0 Å². The van der Waals surface area contributed by atoms with Crippen LogP contribution in [0.3, 0.4) is 0 Å². The Morgan fingerprint density at radius 2 is 1.79 bits per heavy atom. The molecule has 0 unspecified atom stereocenters. The van der Waals surface area contributed by atoms with Crippen LogP contribution in [0.2, 0.25) is 0 Å². The molecule has 1 amide bonds. The number of carbonyl (C=O) groups is 1. The number of hydrogen-bond acceptors (Lipinski definition) is 2. The van der Waals surface area contributed by atoms with Crippen molar-refractivity contribution in [2.45, 2.75) is 32.1 Å². The van der Waals surface area contributed by atoms with Gasteiger partial charge in [-0.1, -0.05) is 25.1 Å². The van der Waals surface area contributed by atoms with E-state index in [1.165, 1.54) is 0 Å². The van der Waals surface area contributed by atoms with Gasteiger partial charge < -0.3 is 10.6 Å². The van der Waals surface area contributed by atoms with Gasteiger partial charge in [-0.2, -0.15) is 0 Å². The highest BCUT2D eigenvalue weighted by atomic mass is 32.1. The summed E-state index contributed by atoms with van der Waals surface area (Å²) in [4.78, 5) is 14.5. The minimum Gasteiger partial charge on any atom is -0.392 e. The maximum absolute atomic E-state index is 12.1. The summed E-state index contributed by atoms with van der Waals surface area (Å²) in [5.41, 5.74) is 5.26. The molecular weight excluding hydrogens is 196 g/mol. The number of carbonyl (C=O) groups excluding carboxylic acids is 1. The lowest BCUT2D eigenvalue weighted by Crippen LogP contribution is -2.53. The zero-order valence-corrected chi connectivity index (χ0v) is 9.11. The highest BCUT2D eigenvalue weighted by Crippen LogP contribution is 2.40. The Hall–Kier alpha value is -0.640. The summed E-state index contributed by atoms with van der Waals surface area (Å²) in [6.07, 6.45) is 5.00. The number of thiocarbonyl (C=S) groups is 1. The van der Waals surface area contributed by atoms with Crippen molar-refractivity contribution in [3.8, 4) is 0 Å². The second kappa shape index (κ2) is 3.50. The molecular formula is C10H16N2OS. The first-order valence-corrected chi connectivity index (χ1v) is 5.67. The van der Waals surface area contributed by atoms with Gasteiger partial charge in [0.25, 0.3) is 0 Å². The monoisotopic (exact) mass is 212 g/mol. The van der Waals surface area contributed by atoms with E-state index in [1.54, 1.807) is 0 Å². The molecule has 1 saturated heterocycles. The molecule has 1 aliphatic heterocycles. The number of nitrogens with two attached hydrogens (primary N) is 1. The van der Waals surface area contributed by atoms with Crippen LogP contribution >= 0.6 is 12.2 Å². The summed E-state index contributed by atoms with van der Waals surface area (Å²) in [7, 11) is 0. The molecule has 0 aromatic heterocycles. The topological polar surface area (TPSA) is 46.3 Å². The van der Waals surface area contributed by atoms with Crippen molar-refractivity contribution in [1.82, 2.24) is 4.90 Å². The molecule has 2 fully saturated rings. The number of rotatable bonds is 2. The summed E-state index contributed by atoms with van der Waals surface area (Å²) in [5, 5.41) is 0. The fourth-order valence-corrected chi connectivity index (χ4v) is 2.66. The molecule has 1 aliphatic carbocycles. The zero-order valence-electron chi connectivity index (χ0n) is 8.29. The quantitative estimate of drug-likeness (QED) is 0.696. The second-order valence-electron chi connectivity index (χ2n) is 4.30. The average Bonchev–Trinajstić information content (AvgIpc) is 2.49. The average molecular weight is 212 g/mol. The predicted molar refractivity (Wildman–Crippen MR) is 58.9 cm³/mol. The second-order valence-corrected chi connectivity index (χ2v) is 4.74. The first kappa shape index (κ1) is 9.90. The van der Waals surface area contributed by atoms with Crippen molar-refractivity contribution in [3.63, 3.8) is 0 Å². The molecule has 2 N–H and O–H groups in total. The van der Waals surface area contributed by atoms with E-state index in [2.05, 4.69) is 0 Å². The lowest BCUT2D eigenvalue weighted by Gasteiger charge is -2.38. The highest BCUT2D eigenvalue weighted by Gasteiger charge is 2.46. The first-order valence-electron chi connectivity index (χ1n) is 5.26. The van der Waals surface area contributed by atoms with Crippen molar-refractivity contribution in [1.29, 1.82) is 0 Å². The van der Waals surface area contributed by atoms with Crippen molar-refractivity contribution < 1.29 is 4.79 Å². The van der Waals surface area contributed by atoms with Crippen LogP contribution in [0.5, 0.6) is 0 Å². The van der Waals surface area contributed by atoms with Gasteiger partial charge in [0.05, 0.1) is 10.4 Å². The van der Waals surface area contributed by atoms with Gasteiger partial charge in [-0.05, 0) is 19.3 Å². The molecule has 14 heavy (non-hydrogen) atoms. The van der Waals surface area contributed by atoms with E-state index < -0.39 is 5.41 Å². The Kier molecular flexibility index (Phi) is 2.47. The van der Waals surface area contributed by atoms with Gasteiger partial charge in [0.15, 0.2) is 0 Å². The third-order valence-electron chi connectivity index (χ3n) is 3.48. The summed E-state index contributed by atoms with van der Waals surface area (Å²) in [5.74, 6) is 0.189. The molecule has 0 atom stereocenters. The number of likely N-dealkylation sites (tertiary alicyclic amines) is 1. The number of amides is 1. The maximum atomic E-state index is 12.1. The van der Waals surface area contributed by atoms with Crippen LogP contribution < -0.4 is 5.73 Å². The summed E-state index contributed by atoms with van der Waals surface area (Å²) >= 11 is 5.07. The minimum atomic E-state index is -0.476. The highest BCUT2D eigenvalue weighted by molar-refractivity contribution is 7.80. The Labute approximate surface area is 89.6 Å². The van der Waals surface area contributed by atoms with E-state index in [0.717, 1.165) is 45.2 Å². The molecule has 2 rings (SSSR count). The van der Waals surface area contributed by atoms with Crippen molar-refractivity contribution >= 4 is 23.1 Å². The summed E-state index contributed by atoms with van der Waals surface area (Å²) in [6, 6.07) is 0. The van der Waals surface area contributed by atoms with E-state index in [4.69, 9.17) is 18.0 Å². The molecule has 0 bridgehead atoms. The molecule has 0 aromatic rings. The van der Waals surface area contributed by atoms with Gasteiger partial charge in [-0.25, -0.2) is 0 Å². The van der Waals surface area contributed by atoms with E-state index in [1.807, 2.05) is 4.90 Å². The third-order valence-corrected chi connectivity index (χ3v) is 3.87. The van der Waals surface area contributed by atoms with E-state index in [0.29, 0.717) is 4.99 Å². The number of hydrogen-bond donors (Lipinski definition) is 1. The Morgan fingerprint density at radius 1 is 1.21 bits per heavy atom. The molecule has 78 valence electrons. The minimum absolute atomic E-state index is 0.189.